The summed E-state index contributed by atoms with van der Waals surface area (Å²) in [4.78, 5) is 0. The summed E-state index contributed by atoms with van der Waals surface area (Å²) in [5, 5.41) is 0. The van der Waals surface area contributed by atoms with E-state index in [1.54, 1.807) is 0 Å². The van der Waals surface area contributed by atoms with Crippen LogP contribution in [0.1, 0.15) is 0 Å². The van der Waals surface area contributed by atoms with Gasteiger partial charge in [0.15, 0.2) is 0 Å². The fourth-order valence-electron chi connectivity index (χ4n) is 1.53. The summed E-state index contributed by atoms with van der Waals surface area (Å²) >= 11 is 3.36. The van der Waals surface area contributed by atoms with Gasteiger partial charge >= 0.3 is 97.6 Å². The molecule has 0 aliphatic carbocycles. The Hall–Kier alpha value is -0.531. The number of hydrogen-bond acceptors (Lipinski definition) is 1. The van der Waals surface area contributed by atoms with Gasteiger partial charge in [-0.3, -0.25) is 0 Å². The molecule has 0 aromatic carbocycles. The molecule has 2 heterocycles. The van der Waals surface area contributed by atoms with Crippen molar-refractivity contribution >= 4 is 21.1 Å². The second-order valence-electron chi connectivity index (χ2n) is 3.49. The van der Waals surface area contributed by atoms with Crippen molar-refractivity contribution < 1.29 is 0 Å². The number of nitrogens with zero attached hydrogens (tertiary/aromatic N) is 3. The first-order chi connectivity index (χ1) is 7.15. The van der Waals surface area contributed by atoms with E-state index in [9.17, 15) is 0 Å². The molecule has 0 saturated carbocycles. The first-order valence-corrected chi connectivity index (χ1v) is 8.57. The molecule has 0 aliphatic heterocycles. The third-order valence-electron chi connectivity index (χ3n) is 2.30. The summed E-state index contributed by atoms with van der Waals surface area (Å²) < 4.78 is 6.73. The van der Waals surface area contributed by atoms with Crippen molar-refractivity contribution in [2.75, 3.05) is 14.1 Å². The quantitative estimate of drug-likeness (QED) is 0.622. The van der Waals surface area contributed by atoms with Gasteiger partial charge in [-0.05, 0) is 0 Å². The number of aromatic nitrogens is 2. The molecular weight excluding hydrogens is 272 g/mol. The van der Waals surface area contributed by atoms with E-state index in [1.807, 2.05) is 0 Å². The third-order valence-corrected chi connectivity index (χ3v) is 9.51. The van der Waals surface area contributed by atoms with Crippen molar-refractivity contribution in [1.29, 1.82) is 0 Å². The van der Waals surface area contributed by atoms with Crippen LogP contribution in [0.25, 0.3) is 0 Å². The molecule has 0 N–H and O–H groups in total. The molecule has 0 amide bonds. The average Bonchev–Trinajstić information content (AvgIpc) is 2.89. The molecule has 2 aromatic rings. The van der Waals surface area contributed by atoms with E-state index >= 15 is 0 Å². The van der Waals surface area contributed by atoms with E-state index < -0.39 is 5.96 Å². The summed E-state index contributed by atoms with van der Waals surface area (Å²) in [6.07, 6.45) is 8.41. The van der Waals surface area contributed by atoms with Crippen molar-refractivity contribution in [3.63, 3.8) is 0 Å². The predicted octanol–water partition coefficient (Wildman–Crippen LogP) is 2.09. The van der Waals surface area contributed by atoms with Crippen LogP contribution < -0.4 is 0 Å². The van der Waals surface area contributed by atoms with Gasteiger partial charge in [-0.2, -0.15) is 0 Å². The zero-order valence-electron chi connectivity index (χ0n) is 8.82. The molecule has 5 heteroatoms. The minimum absolute atomic E-state index is 1.61. The zero-order valence-corrected chi connectivity index (χ0v) is 11.4. The van der Waals surface area contributed by atoms with E-state index in [0.29, 0.717) is 0 Å². The van der Waals surface area contributed by atoms with Crippen LogP contribution in [0.2, 0.25) is 0 Å². The molecule has 0 fully saturated rings. The van der Waals surface area contributed by atoms with Crippen molar-refractivity contribution in [2.45, 2.75) is 0 Å². The number of hydrogen-bond donors (Lipinski definition) is 0. The molecule has 2 rings (SSSR count). The predicted molar refractivity (Wildman–Crippen MR) is 66.0 cm³/mol. The first kappa shape index (κ1) is 11.0. The van der Waals surface area contributed by atoms with Gasteiger partial charge in [0.25, 0.3) is 0 Å². The van der Waals surface area contributed by atoms with E-state index in [0.717, 1.165) is 0 Å². The number of rotatable bonds is 3. The van der Waals surface area contributed by atoms with Crippen LogP contribution in [0.5, 0.6) is 0 Å². The van der Waals surface area contributed by atoms with Gasteiger partial charge in [-0.25, -0.2) is 0 Å². The van der Waals surface area contributed by atoms with E-state index in [1.165, 1.54) is 0 Å². The molecular formula is C10H14N3PSe. The summed E-state index contributed by atoms with van der Waals surface area (Å²) in [6.45, 7) is 0. The Kier molecular flexibility index (Phi) is 3.03. The molecule has 0 aliphatic rings. The molecule has 0 unspecified atom stereocenters. The second-order valence-corrected chi connectivity index (χ2v) is 9.32. The SMILES string of the molecule is CN(C)P(=[Se])(n1cccc1)n1cccc1. The van der Waals surface area contributed by atoms with Crippen LogP contribution in [0.3, 0.4) is 0 Å². The van der Waals surface area contributed by atoms with Crippen LogP contribution in [0, 0.1) is 0 Å². The van der Waals surface area contributed by atoms with Crippen LogP contribution in [-0.4, -0.2) is 42.5 Å². The molecule has 3 nitrogen and oxygen atoms in total. The van der Waals surface area contributed by atoms with Crippen molar-refractivity contribution in [3.8, 4) is 0 Å². The van der Waals surface area contributed by atoms with Gasteiger partial charge in [0, 0.05) is 0 Å². The molecule has 2 aromatic heterocycles. The van der Waals surface area contributed by atoms with E-state index in [4.69, 9.17) is 0 Å². The van der Waals surface area contributed by atoms with Crippen LogP contribution in [0.4, 0.5) is 0 Å². The monoisotopic (exact) mass is 287 g/mol. The van der Waals surface area contributed by atoms with Gasteiger partial charge in [0.05, 0.1) is 0 Å². The molecule has 0 atom stereocenters. The Labute approximate surface area is 97.7 Å². The molecule has 0 spiro atoms. The molecule has 0 saturated heterocycles. The normalized spacial score (nSPS) is 12.2. The maximum atomic E-state index is 3.36. The van der Waals surface area contributed by atoms with Crippen molar-refractivity contribution in [3.05, 3.63) is 49.1 Å². The van der Waals surface area contributed by atoms with Gasteiger partial charge < -0.3 is 0 Å². The Balaban J connectivity index is 2.57. The molecule has 0 radical (unpaired) electrons. The maximum absolute atomic E-state index is 3.36. The fraction of sp³-hybridized carbons (Fsp3) is 0.200. The van der Waals surface area contributed by atoms with Crippen molar-refractivity contribution in [2.24, 2.45) is 0 Å². The van der Waals surface area contributed by atoms with Crippen molar-refractivity contribution in [1.82, 2.24) is 13.3 Å². The van der Waals surface area contributed by atoms with Gasteiger partial charge in [0.1, 0.15) is 0 Å². The van der Waals surface area contributed by atoms with E-state index in [-0.39, 0.29) is 0 Å². The summed E-state index contributed by atoms with van der Waals surface area (Å²) in [7, 11) is 4.20. The zero-order chi connectivity index (χ0) is 10.9. The standard InChI is InChI=1S/C10H14N3PSe/c1-11(2)14(15,12-7-3-4-8-12)13-9-5-6-10-13/h3-10H,1-2H3. The average molecular weight is 286 g/mol. The fourth-order valence-corrected chi connectivity index (χ4v) is 4.97. The van der Waals surface area contributed by atoms with Crippen LogP contribution in [-0.2, 0) is 0 Å². The topological polar surface area (TPSA) is 13.1 Å². The summed E-state index contributed by atoms with van der Waals surface area (Å²) in [5.41, 5.74) is 0. The van der Waals surface area contributed by atoms with Crippen LogP contribution >= 0.6 is 5.96 Å². The Morgan fingerprint density at radius 3 is 1.47 bits per heavy atom. The Bertz CT molecular complexity index is 421. The summed E-state index contributed by atoms with van der Waals surface area (Å²) in [5.74, 6) is -1.61. The molecule has 80 valence electrons. The Morgan fingerprint density at radius 2 is 1.20 bits per heavy atom. The third kappa shape index (κ3) is 1.79. The van der Waals surface area contributed by atoms with Gasteiger partial charge in [0.2, 0.25) is 0 Å². The second kappa shape index (κ2) is 4.15. The Morgan fingerprint density at radius 1 is 0.867 bits per heavy atom. The van der Waals surface area contributed by atoms with E-state index in [2.05, 4.69) is 91.6 Å². The molecule has 0 bridgehead atoms. The van der Waals surface area contributed by atoms with Crippen LogP contribution in [0.15, 0.2) is 49.1 Å². The first-order valence-electron chi connectivity index (χ1n) is 4.71. The minimum atomic E-state index is -1.61. The summed E-state index contributed by atoms with van der Waals surface area (Å²) in [6, 6.07) is 8.22. The molecule has 15 heavy (non-hydrogen) atoms. The van der Waals surface area contributed by atoms with Gasteiger partial charge in [-0.1, -0.05) is 0 Å². The van der Waals surface area contributed by atoms with Gasteiger partial charge in [-0.15, -0.1) is 0 Å².